The maximum atomic E-state index is 13.0. The fourth-order valence-electron chi connectivity index (χ4n) is 3.90. The fourth-order valence-corrected chi connectivity index (χ4v) is 3.90. The number of hydrogen-bond donors (Lipinski definition) is 1. The van der Waals surface area contributed by atoms with Crippen LogP contribution in [0.1, 0.15) is 64.4 Å². The van der Waals surface area contributed by atoms with Crippen molar-refractivity contribution in [2.75, 3.05) is 11.9 Å². The van der Waals surface area contributed by atoms with Crippen molar-refractivity contribution in [1.29, 1.82) is 0 Å². The summed E-state index contributed by atoms with van der Waals surface area (Å²) in [6.07, 6.45) is 4.27. The van der Waals surface area contributed by atoms with Gasteiger partial charge in [-0.05, 0) is 81.0 Å². The van der Waals surface area contributed by atoms with E-state index in [9.17, 15) is 9.59 Å². The lowest BCUT2D eigenvalue weighted by molar-refractivity contribution is 0.0608. The summed E-state index contributed by atoms with van der Waals surface area (Å²) >= 11 is 0. The molecule has 1 saturated heterocycles. The summed E-state index contributed by atoms with van der Waals surface area (Å²) in [4.78, 5) is 27.6. The second-order valence-corrected chi connectivity index (χ2v) is 7.47. The van der Waals surface area contributed by atoms with Crippen molar-refractivity contribution in [3.8, 4) is 0 Å². The van der Waals surface area contributed by atoms with Gasteiger partial charge in [0.05, 0.1) is 0 Å². The first kappa shape index (κ1) is 19.2. The summed E-state index contributed by atoms with van der Waals surface area (Å²) in [7, 11) is 0. The maximum absolute atomic E-state index is 13.0. The predicted octanol–water partition coefficient (Wildman–Crippen LogP) is 4.96. The van der Waals surface area contributed by atoms with Gasteiger partial charge in [-0.2, -0.15) is 0 Å². The van der Waals surface area contributed by atoms with Gasteiger partial charge in [0, 0.05) is 29.4 Å². The van der Waals surface area contributed by atoms with E-state index < -0.39 is 0 Å². The van der Waals surface area contributed by atoms with Gasteiger partial charge in [0.25, 0.3) is 11.8 Å². The molecule has 0 aliphatic carbocycles. The van der Waals surface area contributed by atoms with Crippen LogP contribution in [-0.4, -0.2) is 29.3 Å². The molecule has 1 aliphatic heterocycles. The number of aryl methyl sites for hydroxylation is 2. The quantitative estimate of drug-likeness (QED) is 0.833. The summed E-state index contributed by atoms with van der Waals surface area (Å²) < 4.78 is 0. The lowest BCUT2D eigenvalue weighted by Crippen LogP contribution is -2.43. The van der Waals surface area contributed by atoms with Crippen LogP contribution in [0, 0.1) is 13.8 Å². The number of nitrogens with one attached hydrogen (secondary N) is 1. The van der Waals surface area contributed by atoms with Crippen LogP contribution in [0.4, 0.5) is 5.69 Å². The smallest absolute Gasteiger partial charge is 0.255 e. The first-order chi connectivity index (χ1) is 13.0. The zero-order valence-corrected chi connectivity index (χ0v) is 16.4. The van der Waals surface area contributed by atoms with Crippen LogP contribution in [0.2, 0.25) is 0 Å². The number of anilines is 1. The van der Waals surface area contributed by atoms with Crippen molar-refractivity contribution in [3.05, 3.63) is 64.7 Å². The molecule has 1 heterocycles. The lowest BCUT2D eigenvalue weighted by atomic mass is 9.98. The minimum Gasteiger partial charge on any atom is -0.336 e. The van der Waals surface area contributed by atoms with Gasteiger partial charge in [-0.15, -0.1) is 0 Å². The Morgan fingerprint density at radius 2 is 1.74 bits per heavy atom. The van der Waals surface area contributed by atoms with Gasteiger partial charge in [0.2, 0.25) is 0 Å². The Morgan fingerprint density at radius 3 is 2.44 bits per heavy atom. The van der Waals surface area contributed by atoms with Gasteiger partial charge in [-0.25, -0.2) is 0 Å². The molecule has 4 nitrogen and oxygen atoms in total. The molecule has 1 aliphatic rings. The second-order valence-electron chi connectivity index (χ2n) is 7.47. The molecule has 0 spiro atoms. The molecule has 1 N–H and O–H groups in total. The second kappa shape index (κ2) is 8.38. The third-order valence-corrected chi connectivity index (χ3v) is 5.21. The van der Waals surface area contributed by atoms with Crippen LogP contribution in [0.15, 0.2) is 42.5 Å². The van der Waals surface area contributed by atoms with E-state index in [1.54, 1.807) is 24.3 Å². The van der Waals surface area contributed by atoms with Crippen LogP contribution >= 0.6 is 0 Å². The number of piperidine rings is 1. The molecule has 2 aromatic carbocycles. The van der Waals surface area contributed by atoms with Crippen molar-refractivity contribution >= 4 is 17.5 Å². The Balaban J connectivity index is 1.78. The van der Waals surface area contributed by atoms with Gasteiger partial charge in [0.15, 0.2) is 0 Å². The molecule has 3 rings (SSSR count). The third kappa shape index (κ3) is 4.57. The molecule has 2 amide bonds. The van der Waals surface area contributed by atoms with Gasteiger partial charge < -0.3 is 10.2 Å². The first-order valence-corrected chi connectivity index (χ1v) is 9.78. The summed E-state index contributed by atoms with van der Waals surface area (Å²) in [5, 5.41) is 2.94. The molecule has 0 saturated carbocycles. The number of carbonyl (C=O) groups is 2. The van der Waals surface area contributed by atoms with E-state index in [0.717, 1.165) is 42.6 Å². The van der Waals surface area contributed by atoms with Crippen LogP contribution in [0.5, 0.6) is 0 Å². The molecule has 1 atom stereocenters. The standard InChI is InChI=1S/C23H28N2O2/c1-4-21-10-5-6-11-25(21)23(27)19-9-7-8-18(15-19)22(26)24-20-13-16(2)12-17(3)14-20/h7-9,12-15,21H,4-6,10-11H2,1-3H3,(H,24,26). The van der Waals surface area contributed by atoms with E-state index in [2.05, 4.69) is 18.3 Å². The number of nitrogens with zero attached hydrogens (tertiary/aromatic N) is 1. The highest BCUT2D eigenvalue weighted by Crippen LogP contribution is 2.22. The summed E-state index contributed by atoms with van der Waals surface area (Å²) in [5.41, 5.74) is 4.07. The van der Waals surface area contributed by atoms with Gasteiger partial charge in [-0.3, -0.25) is 9.59 Å². The van der Waals surface area contributed by atoms with Crippen molar-refractivity contribution in [2.45, 2.75) is 52.5 Å². The highest BCUT2D eigenvalue weighted by Gasteiger charge is 2.26. The van der Waals surface area contributed by atoms with Gasteiger partial charge >= 0.3 is 0 Å². The summed E-state index contributed by atoms with van der Waals surface area (Å²) in [5.74, 6) is -0.164. The van der Waals surface area contributed by atoms with Crippen LogP contribution < -0.4 is 5.32 Å². The molecule has 1 unspecified atom stereocenters. The van der Waals surface area contributed by atoms with Crippen molar-refractivity contribution < 1.29 is 9.59 Å². The maximum Gasteiger partial charge on any atom is 0.255 e. The molecule has 27 heavy (non-hydrogen) atoms. The monoisotopic (exact) mass is 364 g/mol. The van der Waals surface area contributed by atoms with Crippen LogP contribution in [0.25, 0.3) is 0 Å². The Hall–Kier alpha value is -2.62. The minimum atomic E-state index is -0.194. The molecule has 0 bridgehead atoms. The fraction of sp³-hybridized carbons (Fsp3) is 0.391. The van der Waals surface area contributed by atoms with Crippen LogP contribution in [-0.2, 0) is 0 Å². The number of amides is 2. The van der Waals surface area contributed by atoms with E-state index in [0.29, 0.717) is 17.2 Å². The first-order valence-electron chi connectivity index (χ1n) is 9.78. The Labute approximate surface area is 161 Å². The van der Waals surface area contributed by atoms with E-state index >= 15 is 0 Å². The van der Waals surface area contributed by atoms with Crippen molar-refractivity contribution in [3.63, 3.8) is 0 Å². The van der Waals surface area contributed by atoms with Gasteiger partial charge in [-0.1, -0.05) is 19.1 Å². The topological polar surface area (TPSA) is 49.4 Å². The normalized spacial score (nSPS) is 16.9. The van der Waals surface area contributed by atoms with E-state index in [4.69, 9.17) is 0 Å². The summed E-state index contributed by atoms with van der Waals surface area (Å²) in [6, 6.07) is 13.3. The summed E-state index contributed by atoms with van der Waals surface area (Å²) in [6.45, 7) is 6.94. The van der Waals surface area contributed by atoms with Crippen LogP contribution in [0.3, 0.4) is 0 Å². The number of likely N-dealkylation sites (tertiary alicyclic amines) is 1. The molecule has 0 radical (unpaired) electrons. The third-order valence-electron chi connectivity index (χ3n) is 5.21. The molecule has 142 valence electrons. The molecule has 1 fully saturated rings. The largest absolute Gasteiger partial charge is 0.336 e. The minimum absolute atomic E-state index is 0.0302. The number of rotatable bonds is 4. The zero-order chi connectivity index (χ0) is 19.4. The average molecular weight is 364 g/mol. The highest BCUT2D eigenvalue weighted by atomic mass is 16.2. The number of carbonyl (C=O) groups excluding carboxylic acids is 2. The Kier molecular flexibility index (Phi) is 5.94. The Bertz CT molecular complexity index is 824. The predicted molar refractivity (Wildman–Crippen MR) is 109 cm³/mol. The van der Waals surface area contributed by atoms with Crippen molar-refractivity contribution in [1.82, 2.24) is 4.90 Å². The van der Waals surface area contributed by atoms with Gasteiger partial charge in [0.1, 0.15) is 0 Å². The molecular formula is C23H28N2O2. The number of hydrogen-bond acceptors (Lipinski definition) is 2. The van der Waals surface area contributed by atoms with E-state index in [1.165, 1.54) is 6.42 Å². The molecular weight excluding hydrogens is 336 g/mol. The average Bonchev–Trinajstić information content (AvgIpc) is 2.66. The number of benzene rings is 2. The lowest BCUT2D eigenvalue weighted by Gasteiger charge is -2.35. The SMILES string of the molecule is CCC1CCCCN1C(=O)c1cccc(C(=O)Nc2cc(C)cc(C)c2)c1. The molecule has 4 heteroatoms. The van der Waals surface area contributed by atoms with E-state index in [1.807, 2.05) is 30.9 Å². The van der Waals surface area contributed by atoms with E-state index in [-0.39, 0.29) is 11.8 Å². The molecule has 0 aromatic heterocycles. The van der Waals surface area contributed by atoms with Crippen molar-refractivity contribution in [2.24, 2.45) is 0 Å². The molecule has 2 aromatic rings. The zero-order valence-electron chi connectivity index (χ0n) is 16.4. The Morgan fingerprint density at radius 1 is 1.04 bits per heavy atom. The highest BCUT2D eigenvalue weighted by molar-refractivity contribution is 6.06.